The summed E-state index contributed by atoms with van der Waals surface area (Å²) in [5.41, 5.74) is 2.00. The van der Waals surface area contributed by atoms with Crippen LogP contribution in [0.15, 0.2) is 42.7 Å². The van der Waals surface area contributed by atoms with E-state index in [2.05, 4.69) is 20.3 Å². The number of ether oxygens (including phenoxy) is 1. The molecule has 6 heteroatoms. The first kappa shape index (κ1) is 15.4. The molecular weight excluding hydrogens is 308 g/mol. The molecule has 3 heterocycles. The SMILES string of the molecule is Cc1cc(Nc2ncc(-c3ccccn3)s2)nc(OC(C)C)c1. The van der Waals surface area contributed by atoms with Gasteiger partial charge in [-0.05, 0) is 44.5 Å². The maximum atomic E-state index is 5.67. The number of pyridine rings is 2. The molecular formula is C17H18N4OS. The number of nitrogens with one attached hydrogen (secondary N) is 1. The number of anilines is 2. The summed E-state index contributed by atoms with van der Waals surface area (Å²) in [5.74, 6) is 1.34. The number of thiazole rings is 1. The van der Waals surface area contributed by atoms with E-state index in [1.165, 1.54) is 0 Å². The van der Waals surface area contributed by atoms with Crippen molar-refractivity contribution in [3.63, 3.8) is 0 Å². The molecule has 3 aromatic heterocycles. The largest absolute Gasteiger partial charge is 0.475 e. The average molecular weight is 326 g/mol. The molecule has 0 saturated heterocycles. The van der Waals surface area contributed by atoms with Crippen LogP contribution in [0.5, 0.6) is 5.88 Å². The van der Waals surface area contributed by atoms with Gasteiger partial charge in [-0.3, -0.25) is 4.98 Å². The van der Waals surface area contributed by atoms with Gasteiger partial charge in [-0.1, -0.05) is 17.4 Å². The lowest BCUT2D eigenvalue weighted by Crippen LogP contribution is -2.07. The molecule has 0 atom stereocenters. The molecule has 23 heavy (non-hydrogen) atoms. The van der Waals surface area contributed by atoms with Crippen LogP contribution in [0.25, 0.3) is 10.6 Å². The predicted molar refractivity (Wildman–Crippen MR) is 93.4 cm³/mol. The second-order valence-corrected chi connectivity index (χ2v) is 6.43. The first-order chi connectivity index (χ1) is 11.1. The normalized spacial score (nSPS) is 10.8. The lowest BCUT2D eigenvalue weighted by Gasteiger charge is -2.11. The Balaban J connectivity index is 1.80. The summed E-state index contributed by atoms with van der Waals surface area (Å²) >= 11 is 1.54. The van der Waals surface area contributed by atoms with Gasteiger partial charge >= 0.3 is 0 Å². The Labute approximate surface area is 139 Å². The van der Waals surface area contributed by atoms with Crippen molar-refractivity contribution in [3.8, 4) is 16.5 Å². The molecule has 5 nitrogen and oxygen atoms in total. The van der Waals surface area contributed by atoms with Crippen molar-refractivity contribution >= 4 is 22.3 Å². The Morgan fingerprint density at radius 1 is 1.17 bits per heavy atom. The van der Waals surface area contributed by atoms with Crippen molar-refractivity contribution < 1.29 is 4.74 Å². The van der Waals surface area contributed by atoms with E-state index >= 15 is 0 Å². The molecule has 0 fully saturated rings. The van der Waals surface area contributed by atoms with E-state index in [4.69, 9.17) is 4.74 Å². The Kier molecular flexibility index (Phi) is 4.52. The summed E-state index contributed by atoms with van der Waals surface area (Å²) in [7, 11) is 0. The van der Waals surface area contributed by atoms with Crippen LogP contribution >= 0.6 is 11.3 Å². The number of nitrogens with zero attached hydrogens (tertiary/aromatic N) is 3. The molecule has 0 radical (unpaired) electrons. The molecule has 0 aliphatic heterocycles. The van der Waals surface area contributed by atoms with Gasteiger partial charge in [0.05, 0.1) is 16.7 Å². The van der Waals surface area contributed by atoms with Crippen molar-refractivity contribution in [3.05, 3.63) is 48.3 Å². The fourth-order valence-corrected chi connectivity index (χ4v) is 2.87. The monoisotopic (exact) mass is 326 g/mol. The molecule has 0 saturated carbocycles. The van der Waals surface area contributed by atoms with Crippen molar-refractivity contribution in [2.75, 3.05) is 5.32 Å². The van der Waals surface area contributed by atoms with Gasteiger partial charge in [-0.25, -0.2) is 4.98 Å². The number of aromatic nitrogens is 3. The lowest BCUT2D eigenvalue weighted by molar-refractivity contribution is 0.233. The van der Waals surface area contributed by atoms with E-state index in [1.807, 2.05) is 57.3 Å². The third-order valence-electron chi connectivity index (χ3n) is 2.96. The second kappa shape index (κ2) is 6.75. The fourth-order valence-electron chi connectivity index (χ4n) is 2.07. The third-order valence-corrected chi connectivity index (χ3v) is 3.90. The summed E-state index contributed by atoms with van der Waals surface area (Å²) in [6.07, 6.45) is 3.68. The molecule has 0 amide bonds. The molecule has 0 aliphatic rings. The Hall–Kier alpha value is -2.47. The summed E-state index contributed by atoms with van der Waals surface area (Å²) in [4.78, 5) is 14.2. The van der Waals surface area contributed by atoms with Gasteiger partial charge in [-0.2, -0.15) is 4.98 Å². The first-order valence-corrected chi connectivity index (χ1v) is 8.21. The van der Waals surface area contributed by atoms with E-state index < -0.39 is 0 Å². The molecule has 0 aromatic carbocycles. The zero-order valence-corrected chi connectivity index (χ0v) is 14.1. The fraction of sp³-hybridized carbons (Fsp3) is 0.235. The van der Waals surface area contributed by atoms with Gasteiger partial charge in [0.2, 0.25) is 5.88 Å². The van der Waals surface area contributed by atoms with E-state index in [1.54, 1.807) is 17.5 Å². The maximum Gasteiger partial charge on any atom is 0.215 e. The molecule has 1 N–H and O–H groups in total. The highest BCUT2D eigenvalue weighted by Gasteiger charge is 2.08. The van der Waals surface area contributed by atoms with E-state index in [-0.39, 0.29) is 6.10 Å². The topological polar surface area (TPSA) is 59.9 Å². The average Bonchev–Trinajstić information content (AvgIpc) is 2.95. The first-order valence-electron chi connectivity index (χ1n) is 7.40. The maximum absolute atomic E-state index is 5.67. The van der Waals surface area contributed by atoms with Gasteiger partial charge < -0.3 is 10.1 Å². The highest BCUT2D eigenvalue weighted by molar-refractivity contribution is 7.18. The van der Waals surface area contributed by atoms with E-state index in [0.29, 0.717) is 5.88 Å². The van der Waals surface area contributed by atoms with E-state index in [0.717, 1.165) is 27.1 Å². The Morgan fingerprint density at radius 2 is 2.04 bits per heavy atom. The summed E-state index contributed by atoms with van der Waals surface area (Å²) in [6, 6.07) is 9.72. The minimum Gasteiger partial charge on any atom is -0.475 e. The molecule has 3 rings (SSSR count). The molecule has 3 aromatic rings. The Bertz CT molecular complexity index is 786. The van der Waals surface area contributed by atoms with Crippen molar-refractivity contribution in [2.24, 2.45) is 0 Å². The molecule has 0 spiro atoms. The Morgan fingerprint density at radius 3 is 2.78 bits per heavy atom. The quantitative estimate of drug-likeness (QED) is 0.751. The van der Waals surface area contributed by atoms with Gasteiger partial charge in [-0.15, -0.1) is 0 Å². The number of aryl methyl sites for hydroxylation is 1. The van der Waals surface area contributed by atoms with Gasteiger partial charge in [0.1, 0.15) is 5.82 Å². The van der Waals surface area contributed by atoms with Crippen molar-refractivity contribution in [1.29, 1.82) is 0 Å². The third kappa shape index (κ3) is 4.04. The summed E-state index contributed by atoms with van der Waals surface area (Å²) in [5, 5.41) is 4.01. The number of hydrogen-bond acceptors (Lipinski definition) is 6. The number of rotatable bonds is 5. The minimum absolute atomic E-state index is 0.0905. The van der Waals surface area contributed by atoms with Gasteiger partial charge in [0.15, 0.2) is 5.13 Å². The van der Waals surface area contributed by atoms with Crippen LogP contribution in [0, 0.1) is 6.92 Å². The zero-order valence-electron chi connectivity index (χ0n) is 13.3. The lowest BCUT2D eigenvalue weighted by atomic mass is 10.3. The van der Waals surface area contributed by atoms with Gasteiger partial charge in [0.25, 0.3) is 0 Å². The summed E-state index contributed by atoms with van der Waals surface area (Å²) < 4.78 is 5.67. The van der Waals surface area contributed by atoms with Crippen LogP contribution in [0.4, 0.5) is 10.9 Å². The predicted octanol–water partition coefficient (Wildman–Crippen LogP) is 4.44. The van der Waals surface area contributed by atoms with Crippen molar-refractivity contribution in [2.45, 2.75) is 26.9 Å². The van der Waals surface area contributed by atoms with Gasteiger partial charge in [0, 0.05) is 18.5 Å². The minimum atomic E-state index is 0.0905. The second-order valence-electron chi connectivity index (χ2n) is 5.40. The summed E-state index contributed by atoms with van der Waals surface area (Å²) in [6.45, 7) is 5.98. The molecule has 0 unspecified atom stereocenters. The molecule has 118 valence electrons. The van der Waals surface area contributed by atoms with Crippen LogP contribution < -0.4 is 10.1 Å². The smallest absolute Gasteiger partial charge is 0.215 e. The highest BCUT2D eigenvalue weighted by Crippen LogP contribution is 2.29. The van der Waals surface area contributed by atoms with E-state index in [9.17, 15) is 0 Å². The standard InChI is InChI=1S/C17H18N4OS/c1-11(2)22-16-9-12(3)8-15(20-16)21-17-19-10-14(23-17)13-6-4-5-7-18-13/h4-11H,1-3H3,(H,19,20,21). The molecule has 0 bridgehead atoms. The van der Waals surface area contributed by atoms with Crippen LogP contribution in [0.2, 0.25) is 0 Å². The van der Waals surface area contributed by atoms with Crippen LogP contribution in [0.3, 0.4) is 0 Å². The molecule has 0 aliphatic carbocycles. The zero-order chi connectivity index (χ0) is 16.2. The van der Waals surface area contributed by atoms with Crippen molar-refractivity contribution in [1.82, 2.24) is 15.0 Å². The number of hydrogen-bond donors (Lipinski definition) is 1. The van der Waals surface area contributed by atoms with Crippen LogP contribution in [-0.2, 0) is 0 Å². The van der Waals surface area contributed by atoms with Crippen LogP contribution in [0.1, 0.15) is 19.4 Å². The highest BCUT2D eigenvalue weighted by atomic mass is 32.1. The van der Waals surface area contributed by atoms with Crippen LogP contribution in [-0.4, -0.2) is 21.1 Å².